The van der Waals surface area contributed by atoms with E-state index in [0.717, 1.165) is 6.07 Å². The molecule has 2 N–H and O–H groups in total. The highest BCUT2D eigenvalue weighted by Crippen LogP contribution is 2.37. The van der Waals surface area contributed by atoms with Crippen molar-refractivity contribution in [1.82, 2.24) is 0 Å². The average molecular weight is 340 g/mol. The molecule has 1 aliphatic heterocycles. The van der Waals surface area contributed by atoms with Crippen LogP contribution in [0.4, 0.5) is 18.9 Å². The van der Waals surface area contributed by atoms with Gasteiger partial charge in [0.1, 0.15) is 5.75 Å². The van der Waals surface area contributed by atoms with Crippen molar-refractivity contribution in [2.45, 2.75) is 45.3 Å². The van der Waals surface area contributed by atoms with Gasteiger partial charge in [-0.25, -0.2) is 0 Å². The SMILES string of the molecule is CC1(C)OB(c2cc(N)cc(OC(F)(F)F)c2)OC1(C)C.Cl. The molecule has 0 spiro atoms. The molecule has 0 bridgehead atoms. The van der Waals surface area contributed by atoms with Crippen LogP contribution >= 0.6 is 12.4 Å². The van der Waals surface area contributed by atoms with E-state index in [0.29, 0.717) is 5.46 Å². The lowest BCUT2D eigenvalue weighted by Gasteiger charge is -2.32. The first-order chi connectivity index (χ1) is 9.40. The largest absolute Gasteiger partial charge is 0.573 e. The monoisotopic (exact) mass is 339 g/mol. The Hall–Kier alpha value is -1.12. The molecule has 9 heteroatoms. The van der Waals surface area contributed by atoms with Crippen LogP contribution in [0, 0.1) is 0 Å². The predicted octanol–water partition coefficient (Wildman–Crippen LogP) is 2.89. The van der Waals surface area contributed by atoms with Crippen LogP contribution in [0.1, 0.15) is 27.7 Å². The van der Waals surface area contributed by atoms with E-state index in [2.05, 4.69) is 4.74 Å². The summed E-state index contributed by atoms with van der Waals surface area (Å²) in [6.07, 6.45) is -4.78. The Morgan fingerprint density at radius 2 is 1.55 bits per heavy atom. The van der Waals surface area contributed by atoms with Gasteiger partial charge in [0.05, 0.1) is 11.2 Å². The van der Waals surface area contributed by atoms with E-state index < -0.39 is 30.4 Å². The topological polar surface area (TPSA) is 53.7 Å². The quantitative estimate of drug-likeness (QED) is 0.665. The molecule has 0 aromatic heterocycles. The van der Waals surface area contributed by atoms with E-state index in [1.165, 1.54) is 12.1 Å². The number of nitrogens with two attached hydrogens (primary N) is 1. The van der Waals surface area contributed by atoms with Crippen molar-refractivity contribution in [3.8, 4) is 5.75 Å². The van der Waals surface area contributed by atoms with Crippen LogP contribution < -0.4 is 15.9 Å². The Bertz CT molecular complexity index is 536. The Labute approximate surface area is 133 Å². The molecule has 1 aromatic carbocycles. The van der Waals surface area contributed by atoms with Crippen molar-refractivity contribution >= 4 is 30.7 Å². The van der Waals surface area contributed by atoms with Crippen LogP contribution in [0.25, 0.3) is 0 Å². The Morgan fingerprint density at radius 3 is 2.00 bits per heavy atom. The maximum Gasteiger partial charge on any atom is 0.573 e. The molecule has 1 saturated heterocycles. The lowest BCUT2D eigenvalue weighted by atomic mass is 9.79. The van der Waals surface area contributed by atoms with Gasteiger partial charge in [-0.15, -0.1) is 25.6 Å². The Morgan fingerprint density at radius 1 is 1.05 bits per heavy atom. The number of hydrogen-bond donors (Lipinski definition) is 1. The standard InChI is InChI=1S/C13H17BF3NO3.ClH/c1-11(2)12(3,4)21-14(20-11)8-5-9(18)7-10(6-8)19-13(15,16)17;/h5-7H,18H2,1-4H3;1H. The van der Waals surface area contributed by atoms with Crippen molar-refractivity contribution in [3.63, 3.8) is 0 Å². The van der Waals surface area contributed by atoms with Crippen molar-refractivity contribution in [2.24, 2.45) is 0 Å². The summed E-state index contributed by atoms with van der Waals surface area (Å²) in [5.74, 6) is -0.396. The summed E-state index contributed by atoms with van der Waals surface area (Å²) in [4.78, 5) is 0. The van der Waals surface area contributed by atoms with Gasteiger partial charge >= 0.3 is 13.5 Å². The molecular weight excluding hydrogens is 321 g/mol. The minimum atomic E-state index is -4.78. The van der Waals surface area contributed by atoms with Gasteiger partial charge in [-0.3, -0.25) is 0 Å². The number of rotatable bonds is 2. The first-order valence-corrected chi connectivity index (χ1v) is 6.41. The molecule has 0 aliphatic carbocycles. The summed E-state index contributed by atoms with van der Waals surface area (Å²) >= 11 is 0. The highest BCUT2D eigenvalue weighted by molar-refractivity contribution is 6.62. The summed E-state index contributed by atoms with van der Waals surface area (Å²) in [5.41, 5.74) is 4.97. The fraction of sp³-hybridized carbons (Fsp3) is 0.538. The van der Waals surface area contributed by atoms with Gasteiger partial charge in [-0.2, -0.15) is 0 Å². The molecular formula is C13H18BClF3NO3. The number of anilines is 1. The van der Waals surface area contributed by atoms with Crippen LogP contribution in [0.2, 0.25) is 0 Å². The lowest BCUT2D eigenvalue weighted by Crippen LogP contribution is -2.41. The van der Waals surface area contributed by atoms with Gasteiger partial charge in [0, 0.05) is 11.8 Å². The predicted molar refractivity (Wildman–Crippen MR) is 80.5 cm³/mol. The molecule has 0 unspecified atom stereocenters. The highest BCUT2D eigenvalue weighted by atomic mass is 35.5. The number of halogens is 4. The van der Waals surface area contributed by atoms with E-state index in [9.17, 15) is 13.2 Å². The van der Waals surface area contributed by atoms with Gasteiger partial charge in [-0.1, -0.05) is 0 Å². The number of alkyl halides is 3. The van der Waals surface area contributed by atoms with Crippen LogP contribution in [0.15, 0.2) is 18.2 Å². The molecule has 22 heavy (non-hydrogen) atoms. The molecule has 2 rings (SSSR count). The molecule has 0 atom stereocenters. The zero-order valence-electron chi connectivity index (χ0n) is 12.7. The van der Waals surface area contributed by atoms with Crippen molar-refractivity contribution < 1.29 is 27.2 Å². The maximum atomic E-state index is 12.3. The summed E-state index contributed by atoms with van der Waals surface area (Å²) in [6, 6.07) is 3.82. The normalized spacial score (nSPS) is 19.7. The molecule has 0 amide bonds. The number of ether oxygens (including phenoxy) is 1. The van der Waals surface area contributed by atoms with Crippen LogP contribution in [0.3, 0.4) is 0 Å². The molecule has 1 aromatic rings. The number of hydrogen-bond acceptors (Lipinski definition) is 4. The second-order valence-corrected chi connectivity index (χ2v) is 5.97. The van der Waals surface area contributed by atoms with Crippen LogP contribution in [-0.2, 0) is 9.31 Å². The second kappa shape index (κ2) is 5.83. The van der Waals surface area contributed by atoms with Gasteiger partial charge in [0.25, 0.3) is 0 Å². The molecule has 4 nitrogen and oxygen atoms in total. The smallest absolute Gasteiger partial charge is 0.406 e. The van der Waals surface area contributed by atoms with Crippen LogP contribution in [0.5, 0.6) is 5.75 Å². The summed E-state index contributed by atoms with van der Waals surface area (Å²) < 4.78 is 52.4. The average Bonchev–Trinajstić information content (AvgIpc) is 2.44. The van der Waals surface area contributed by atoms with E-state index in [4.69, 9.17) is 15.0 Å². The zero-order chi connectivity index (χ0) is 16.1. The van der Waals surface area contributed by atoms with E-state index in [1.54, 1.807) is 0 Å². The summed E-state index contributed by atoms with van der Waals surface area (Å²) in [6.45, 7) is 7.41. The highest BCUT2D eigenvalue weighted by Gasteiger charge is 2.51. The van der Waals surface area contributed by atoms with E-state index >= 15 is 0 Å². The molecule has 124 valence electrons. The zero-order valence-corrected chi connectivity index (χ0v) is 13.5. The Kier molecular flexibility index (Phi) is 5.02. The van der Waals surface area contributed by atoms with Gasteiger partial charge in [0.15, 0.2) is 0 Å². The minimum absolute atomic E-state index is 0. The molecule has 0 saturated carbocycles. The van der Waals surface area contributed by atoms with Crippen molar-refractivity contribution in [1.29, 1.82) is 0 Å². The van der Waals surface area contributed by atoms with E-state index in [-0.39, 0.29) is 18.1 Å². The van der Waals surface area contributed by atoms with Gasteiger partial charge in [0.2, 0.25) is 0 Å². The summed E-state index contributed by atoms with van der Waals surface area (Å²) in [7, 11) is -0.797. The number of benzene rings is 1. The maximum absolute atomic E-state index is 12.3. The third kappa shape index (κ3) is 4.00. The minimum Gasteiger partial charge on any atom is -0.406 e. The fourth-order valence-electron chi connectivity index (χ4n) is 1.95. The lowest BCUT2D eigenvalue weighted by molar-refractivity contribution is -0.274. The molecule has 1 aliphatic rings. The fourth-order valence-corrected chi connectivity index (χ4v) is 1.95. The van der Waals surface area contributed by atoms with Crippen molar-refractivity contribution in [2.75, 3.05) is 5.73 Å². The first-order valence-electron chi connectivity index (χ1n) is 6.41. The first kappa shape index (κ1) is 18.9. The van der Waals surface area contributed by atoms with Crippen LogP contribution in [-0.4, -0.2) is 24.7 Å². The third-order valence-corrected chi connectivity index (χ3v) is 3.71. The van der Waals surface area contributed by atoms with Gasteiger partial charge < -0.3 is 19.8 Å². The van der Waals surface area contributed by atoms with Crippen molar-refractivity contribution in [3.05, 3.63) is 18.2 Å². The second-order valence-electron chi connectivity index (χ2n) is 5.97. The van der Waals surface area contributed by atoms with E-state index in [1.807, 2.05) is 27.7 Å². The molecule has 0 radical (unpaired) electrons. The third-order valence-electron chi connectivity index (χ3n) is 3.71. The number of nitrogen functional groups attached to an aromatic ring is 1. The summed E-state index contributed by atoms with van der Waals surface area (Å²) in [5, 5.41) is 0. The molecule has 1 heterocycles. The Balaban J connectivity index is 0.00000242. The molecule has 1 fully saturated rings. The van der Waals surface area contributed by atoms with Gasteiger partial charge in [-0.05, 0) is 45.3 Å².